The molecular weight excluding hydrogens is 352 g/mol. The number of halogens is 2. The standard InChI is InChI=1S/C20H17F2N3S/c1-25(20-24-18-6-3-12(22)9-19(18)26-20)13-4-7-17-15(10-13)14-8-11(21)2-5-16(14)23-17/h2-3,5-6,8-9,13,23H,4,7,10H2,1H3. The third-order valence-corrected chi connectivity index (χ3v) is 6.42. The molecule has 1 aliphatic rings. The number of fused-ring (bicyclic) bond motifs is 4. The molecule has 1 N–H and O–H groups in total. The minimum Gasteiger partial charge on any atom is -0.358 e. The van der Waals surface area contributed by atoms with Crippen molar-refractivity contribution < 1.29 is 8.78 Å². The molecule has 0 fully saturated rings. The fourth-order valence-corrected chi connectivity index (χ4v) is 4.92. The molecule has 0 bridgehead atoms. The lowest BCUT2D eigenvalue weighted by Crippen LogP contribution is -2.36. The van der Waals surface area contributed by atoms with Gasteiger partial charge in [0.2, 0.25) is 0 Å². The number of hydrogen-bond donors (Lipinski definition) is 1. The molecule has 1 unspecified atom stereocenters. The minimum atomic E-state index is -0.238. The van der Waals surface area contributed by atoms with Gasteiger partial charge in [-0.1, -0.05) is 11.3 Å². The smallest absolute Gasteiger partial charge is 0.186 e. The van der Waals surface area contributed by atoms with Gasteiger partial charge < -0.3 is 9.88 Å². The van der Waals surface area contributed by atoms with E-state index in [1.807, 2.05) is 13.1 Å². The van der Waals surface area contributed by atoms with Crippen LogP contribution in [-0.4, -0.2) is 23.1 Å². The molecule has 1 aliphatic carbocycles. The molecule has 4 aromatic rings. The number of aromatic amines is 1. The van der Waals surface area contributed by atoms with Crippen molar-refractivity contribution in [2.45, 2.75) is 25.3 Å². The van der Waals surface area contributed by atoms with Crippen LogP contribution in [0.2, 0.25) is 0 Å². The van der Waals surface area contributed by atoms with Crippen LogP contribution in [0.4, 0.5) is 13.9 Å². The molecule has 3 nitrogen and oxygen atoms in total. The van der Waals surface area contributed by atoms with Gasteiger partial charge in [0.15, 0.2) is 5.13 Å². The van der Waals surface area contributed by atoms with E-state index in [0.29, 0.717) is 0 Å². The van der Waals surface area contributed by atoms with Gasteiger partial charge >= 0.3 is 0 Å². The Morgan fingerprint density at radius 1 is 1.15 bits per heavy atom. The van der Waals surface area contributed by atoms with Crippen molar-refractivity contribution >= 4 is 37.6 Å². The first kappa shape index (κ1) is 15.8. The van der Waals surface area contributed by atoms with E-state index in [1.165, 1.54) is 40.8 Å². The monoisotopic (exact) mass is 369 g/mol. The Hall–Kier alpha value is -2.47. The SMILES string of the molecule is CN(c1nc2ccc(F)cc2s1)C1CCc2[nH]c3ccc(F)cc3c2C1. The third-order valence-electron chi connectivity index (χ3n) is 5.31. The minimum absolute atomic E-state index is 0.206. The molecule has 0 amide bonds. The highest BCUT2D eigenvalue weighted by molar-refractivity contribution is 7.22. The number of anilines is 1. The molecule has 2 aromatic heterocycles. The molecule has 6 heteroatoms. The maximum absolute atomic E-state index is 13.7. The predicted octanol–water partition coefficient (Wildman–Crippen LogP) is 5.05. The summed E-state index contributed by atoms with van der Waals surface area (Å²) in [6, 6.07) is 9.91. The zero-order valence-corrected chi connectivity index (χ0v) is 15.0. The maximum Gasteiger partial charge on any atom is 0.186 e. The van der Waals surface area contributed by atoms with E-state index >= 15 is 0 Å². The lowest BCUT2D eigenvalue weighted by molar-refractivity contribution is 0.545. The second-order valence-electron chi connectivity index (χ2n) is 6.89. The van der Waals surface area contributed by atoms with E-state index in [1.54, 1.807) is 12.1 Å². The second-order valence-corrected chi connectivity index (χ2v) is 7.90. The topological polar surface area (TPSA) is 31.9 Å². The first-order valence-electron chi connectivity index (χ1n) is 8.66. The van der Waals surface area contributed by atoms with Gasteiger partial charge in [-0.05, 0) is 61.2 Å². The first-order chi connectivity index (χ1) is 12.6. The number of likely N-dealkylation sites (N-methyl/N-ethyl adjacent to an activating group) is 1. The zero-order valence-electron chi connectivity index (χ0n) is 14.2. The third kappa shape index (κ3) is 2.48. The van der Waals surface area contributed by atoms with Crippen molar-refractivity contribution in [3.63, 3.8) is 0 Å². The van der Waals surface area contributed by atoms with Crippen LogP contribution < -0.4 is 4.90 Å². The number of aromatic nitrogens is 2. The Labute approximate surface area is 153 Å². The summed E-state index contributed by atoms with van der Waals surface area (Å²) in [5, 5.41) is 1.87. The molecule has 2 aromatic carbocycles. The quantitative estimate of drug-likeness (QED) is 0.536. The Kier molecular flexibility index (Phi) is 3.50. The van der Waals surface area contributed by atoms with E-state index < -0.39 is 0 Å². The van der Waals surface area contributed by atoms with E-state index in [0.717, 1.165) is 45.5 Å². The van der Waals surface area contributed by atoms with Crippen LogP contribution >= 0.6 is 11.3 Å². The number of nitrogens with one attached hydrogen (secondary N) is 1. The van der Waals surface area contributed by atoms with Crippen LogP contribution in [-0.2, 0) is 12.8 Å². The number of hydrogen-bond acceptors (Lipinski definition) is 3. The van der Waals surface area contributed by atoms with Gasteiger partial charge in [0, 0.05) is 29.7 Å². The number of benzene rings is 2. The van der Waals surface area contributed by atoms with Crippen molar-refractivity contribution in [3.05, 3.63) is 59.3 Å². The summed E-state index contributed by atoms with van der Waals surface area (Å²) in [5.41, 5.74) is 4.23. The Morgan fingerprint density at radius 3 is 2.85 bits per heavy atom. The van der Waals surface area contributed by atoms with Gasteiger partial charge in [-0.15, -0.1) is 0 Å². The van der Waals surface area contributed by atoms with Crippen LogP contribution in [0.3, 0.4) is 0 Å². The van der Waals surface area contributed by atoms with Crippen LogP contribution in [0.25, 0.3) is 21.1 Å². The van der Waals surface area contributed by atoms with Gasteiger partial charge in [-0.3, -0.25) is 0 Å². The maximum atomic E-state index is 13.7. The Bertz CT molecular complexity index is 1130. The summed E-state index contributed by atoms with van der Waals surface area (Å²) >= 11 is 1.51. The van der Waals surface area contributed by atoms with Crippen LogP contribution in [0.5, 0.6) is 0 Å². The lowest BCUT2D eigenvalue weighted by Gasteiger charge is -2.31. The summed E-state index contributed by atoms with van der Waals surface area (Å²) in [6.07, 6.45) is 2.78. The molecule has 0 saturated heterocycles. The van der Waals surface area contributed by atoms with Crippen LogP contribution in [0, 0.1) is 11.6 Å². The second kappa shape index (κ2) is 5.77. The number of thiazole rings is 1. The molecule has 0 saturated carbocycles. The van der Waals surface area contributed by atoms with E-state index in [9.17, 15) is 8.78 Å². The van der Waals surface area contributed by atoms with E-state index in [4.69, 9.17) is 0 Å². The molecule has 2 heterocycles. The summed E-state index contributed by atoms with van der Waals surface area (Å²) in [5.74, 6) is -0.443. The number of aryl methyl sites for hydroxylation is 1. The Morgan fingerprint density at radius 2 is 1.96 bits per heavy atom. The molecular formula is C20H17F2N3S. The average Bonchev–Trinajstić information content (AvgIpc) is 3.21. The van der Waals surface area contributed by atoms with Gasteiger partial charge in [-0.2, -0.15) is 0 Å². The van der Waals surface area contributed by atoms with Gasteiger partial charge in [0.05, 0.1) is 10.2 Å². The molecule has 0 aliphatic heterocycles. The fraction of sp³-hybridized carbons (Fsp3) is 0.250. The zero-order chi connectivity index (χ0) is 17.8. The van der Waals surface area contributed by atoms with Crippen molar-refractivity contribution in [2.75, 3.05) is 11.9 Å². The Balaban J connectivity index is 1.49. The molecule has 1 atom stereocenters. The summed E-state index contributed by atoms with van der Waals surface area (Å²) in [6.45, 7) is 0. The van der Waals surface area contributed by atoms with Crippen molar-refractivity contribution in [3.8, 4) is 0 Å². The highest BCUT2D eigenvalue weighted by Crippen LogP contribution is 2.35. The summed E-state index contributed by atoms with van der Waals surface area (Å²) < 4.78 is 28.0. The van der Waals surface area contributed by atoms with Crippen molar-refractivity contribution in [1.29, 1.82) is 0 Å². The predicted molar refractivity (Wildman–Crippen MR) is 102 cm³/mol. The molecule has 26 heavy (non-hydrogen) atoms. The van der Waals surface area contributed by atoms with Gasteiger partial charge in [-0.25, -0.2) is 13.8 Å². The fourth-order valence-electron chi connectivity index (χ4n) is 3.89. The number of rotatable bonds is 2. The van der Waals surface area contributed by atoms with Crippen LogP contribution in [0.15, 0.2) is 36.4 Å². The highest BCUT2D eigenvalue weighted by atomic mass is 32.1. The molecule has 0 radical (unpaired) electrons. The number of nitrogens with zero attached hydrogens (tertiary/aromatic N) is 2. The summed E-state index contributed by atoms with van der Waals surface area (Å²) in [7, 11) is 2.04. The molecule has 5 rings (SSSR count). The van der Waals surface area contributed by atoms with Crippen molar-refractivity contribution in [2.24, 2.45) is 0 Å². The number of H-pyrrole nitrogens is 1. The van der Waals surface area contributed by atoms with Crippen LogP contribution in [0.1, 0.15) is 17.7 Å². The highest BCUT2D eigenvalue weighted by Gasteiger charge is 2.27. The van der Waals surface area contributed by atoms with E-state index in [2.05, 4.69) is 14.9 Å². The molecule has 0 spiro atoms. The average molecular weight is 369 g/mol. The van der Waals surface area contributed by atoms with Gasteiger partial charge in [0.25, 0.3) is 0 Å². The first-order valence-corrected chi connectivity index (χ1v) is 9.48. The molecule has 132 valence electrons. The lowest BCUT2D eigenvalue weighted by atomic mass is 9.91. The van der Waals surface area contributed by atoms with Gasteiger partial charge in [0.1, 0.15) is 11.6 Å². The summed E-state index contributed by atoms with van der Waals surface area (Å²) in [4.78, 5) is 10.3. The van der Waals surface area contributed by atoms with Crippen molar-refractivity contribution in [1.82, 2.24) is 9.97 Å². The van der Waals surface area contributed by atoms with E-state index in [-0.39, 0.29) is 17.7 Å². The normalized spacial score (nSPS) is 17.0. The largest absolute Gasteiger partial charge is 0.358 e.